The summed E-state index contributed by atoms with van der Waals surface area (Å²) >= 11 is 0. The van der Waals surface area contributed by atoms with Crippen molar-refractivity contribution in [1.29, 1.82) is 0 Å². The number of amides is 1. The second kappa shape index (κ2) is 5.28. The van der Waals surface area contributed by atoms with E-state index < -0.39 is 11.7 Å². The van der Waals surface area contributed by atoms with Gasteiger partial charge in [-0.3, -0.25) is 4.79 Å². The van der Waals surface area contributed by atoms with Gasteiger partial charge in [-0.15, -0.1) is 0 Å². The van der Waals surface area contributed by atoms with E-state index in [-0.39, 0.29) is 17.1 Å². The van der Waals surface area contributed by atoms with Crippen LogP contribution >= 0.6 is 0 Å². The van der Waals surface area contributed by atoms with Crippen molar-refractivity contribution in [2.24, 2.45) is 0 Å². The van der Waals surface area contributed by atoms with Crippen LogP contribution < -0.4 is 11.1 Å². The van der Waals surface area contributed by atoms with Gasteiger partial charge in [0.2, 0.25) is 0 Å². The third-order valence-corrected chi connectivity index (χ3v) is 3.06. The van der Waals surface area contributed by atoms with Gasteiger partial charge in [-0.2, -0.15) is 0 Å². The molecule has 3 N–H and O–H groups in total. The largest absolute Gasteiger partial charge is 0.398 e. The Balaban J connectivity index is 2.26. The standard InChI is InChI=1S/C15H14F2N2O/c1-8-5-11(3-4-12(8)16)19-15(20)10-6-13(17)9(2)14(18)7-10/h3-7H,18H2,1-2H3,(H,19,20). The van der Waals surface area contributed by atoms with E-state index in [1.807, 2.05) is 0 Å². The number of anilines is 2. The van der Waals surface area contributed by atoms with E-state index in [0.29, 0.717) is 16.8 Å². The van der Waals surface area contributed by atoms with Crippen LogP contribution in [0, 0.1) is 25.5 Å². The Labute approximate surface area is 115 Å². The number of halogens is 2. The molecule has 20 heavy (non-hydrogen) atoms. The zero-order chi connectivity index (χ0) is 14.9. The van der Waals surface area contributed by atoms with Gasteiger partial charge in [0, 0.05) is 22.5 Å². The van der Waals surface area contributed by atoms with Crippen molar-refractivity contribution in [3.63, 3.8) is 0 Å². The molecule has 0 radical (unpaired) electrons. The van der Waals surface area contributed by atoms with Crippen LogP contribution in [0.1, 0.15) is 21.5 Å². The topological polar surface area (TPSA) is 55.1 Å². The molecule has 0 aliphatic rings. The molecule has 2 aromatic carbocycles. The van der Waals surface area contributed by atoms with Crippen LogP contribution in [0.15, 0.2) is 30.3 Å². The number of carbonyl (C=O) groups is 1. The van der Waals surface area contributed by atoms with Gasteiger partial charge in [0.05, 0.1) is 0 Å². The Morgan fingerprint density at radius 3 is 2.40 bits per heavy atom. The van der Waals surface area contributed by atoms with Gasteiger partial charge < -0.3 is 11.1 Å². The van der Waals surface area contributed by atoms with E-state index in [1.54, 1.807) is 6.92 Å². The second-order valence-electron chi connectivity index (χ2n) is 4.59. The van der Waals surface area contributed by atoms with Gasteiger partial charge in [-0.1, -0.05) is 0 Å². The molecule has 0 aliphatic carbocycles. The number of nitrogen functional groups attached to an aromatic ring is 1. The van der Waals surface area contributed by atoms with E-state index in [0.717, 1.165) is 6.07 Å². The van der Waals surface area contributed by atoms with Gasteiger partial charge in [-0.05, 0) is 49.7 Å². The zero-order valence-electron chi connectivity index (χ0n) is 11.1. The van der Waals surface area contributed by atoms with E-state index in [1.165, 1.54) is 31.2 Å². The molecule has 0 fully saturated rings. The maximum absolute atomic E-state index is 13.5. The smallest absolute Gasteiger partial charge is 0.255 e. The molecule has 0 spiro atoms. The lowest BCUT2D eigenvalue weighted by molar-refractivity contribution is 0.102. The van der Waals surface area contributed by atoms with Crippen LogP contribution in [0.3, 0.4) is 0 Å². The van der Waals surface area contributed by atoms with Gasteiger partial charge >= 0.3 is 0 Å². The van der Waals surface area contributed by atoms with E-state index in [9.17, 15) is 13.6 Å². The predicted octanol–water partition coefficient (Wildman–Crippen LogP) is 3.42. The number of hydrogen-bond donors (Lipinski definition) is 2. The fourth-order valence-electron chi connectivity index (χ4n) is 1.76. The highest BCUT2D eigenvalue weighted by Gasteiger charge is 2.11. The quantitative estimate of drug-likeness (QED) is 0.826. The van der Waals surface area contributed by atoms with Crippen molar-refractivity contribution in [1.82, 2.24) is 0 Å². The van der Waals surface area contributed by atoms with Crippen molar-refractivity contribution in [3.8, 4) is 0 Å². The molecule has 1 amide bonds. The Kier molecular flexibility index (Phi) is 3.70. The maximum atomic E-state index is 13.5. The van der Waals surface area contributed by atoms with Crippen molar-refractivity contribution in [3.05, 3.63) is 58.7 Å². The number of nitrogens with two attached hydrogens (primary N) is 1. The third kappa shape index (κ3) is 2.77. The zero-order valence-corrected chi connectivity index (χ0v) is 11.1. The summed E-state index contributed by atoms with van der Waals surface area (Å²) in [6.07, 6.45) is 0. The van der Waals surface area contributed by atoms with Crippen LogP contribution in [-0.4, -0.2) is 5.91 Å². The molecule has 2 aromatic rings. The summed E-state index contributed by atoms with van der Waals surface area (Å²) in [6, 6.07) is 6.73. The molecule has 0 aliphatic heterocycles. The summed E-state index contributed by atoms with van der Waals surface area (Å²) < 4.78 is 26.7. The molecular formula is C15H14F2N2O. The summed E-state index contributed by atoms with van der Waals surface area (Å²) in [7, 11) is 0. The average molecular weight is 276 g/mol. The molecule has 3 nitrogen and oxygen atoms in total. The average Bonchev–Trinajstić information content (AvgIpc) is 2.39. The van der Waals surface area contributed by atoms with Crippen molar-refractivity contribution in [2.45, 2.75) is 13.8 Å². The predicted molar refractivity (Wildman–Crippen MR) is 74.6 cm³/mol. The minimum absolute atomic E-state index is 0.118. The Bertz CT molecular complexity index is 661. The first-order chi connectivity index (χ1) is 9.38. The summed E-state index contributed by atoms with van der Waals surface area (Å²) in [5, 5.41) is 2.57. The molecule has 0 bridgehead atoms. The van der Waals surface area contributed by atoms with Gasteiger partial charge in [0.1, 0.15) is 11.6 Å². The summed E-state index contributed by atoms with van der Waals surface area (Å²) in [5.41, 5.74) is 7.12. The normalized spacial score (nSPS) is 10.4. The molecule has 0 unspecified atom stereocenters. The molecule has 2 rings (SSSR count). The first-order valence-corrected chi connectivity index (χ1v) is 6.01. The minimum Gasteiger partial charge on any atom is -0.398 e. The number of rotatable bonds is 2. The third-order valence-electron chi connectivity index (χ3n) is 3.06. The number of nitrogens with one attached hydrogen (secondary N) is 1. The van der Waals surface area contributed by atoms with E-state index in [4.69, 9.17) is 5.73 Å². The lowest BCUT2D eigenvalue weighted by Gasteiger charge is -2.09. The number of benzene rings is 2. The molecule has 0 aromatic heterocycles. The van der Waals surface area contributed by atoms with Crippen molar-refractivity contribution in [2.75, 3.05) is 11.1 Å². The number of carbonyl (C=O) groups excluding carboxylic acids is 1. The molecule has 0 heterocycles. The highest BCUT2D eigenvalue weighted by Crippen LogP contribution is 2.19. The Hall–Kier alpha value is -2.43. The van der Waals surface area contributed by atoms with E-state index in [2.05, 4.69) is 5.32 Å². The fraction of sp³-hybridized carbons (Fsp3) is 0.133. The van der Waals surface area contributed by atoms with Crippen LogP contribution in [0.4, 0.5) is 20.2 Å². The van der Waals surface area contributed by atoms with E-state index >= 15 is 0 Å². The monoisotopic (exact) mass is 276 g/mol. The van der Waals surface area contributed by atoms with Gasteiger partial charge in [0.15, 0.2) is 0 Å². The molecular weight excluding hydrogens is 262 g/mol. The van der Waals surface area contributed by atoms with Crippen LogP contribution in [0.2, 0.25) is 0 Å². The SMILES string of the molecule is Cc1cc(NC(=O)c2cc(N)c(C)c(F)c2)ccc1F. The Morgan fingerprint density at radius 1 is 1.10 bits per heavy atom. The molecule has 104 valence electrons. The van der Waals surface area contributed by atoms with Gasteiger partial charge in [-0.25, -0.2) is 8.78 Å². The fourth-order valence-corrected chi connectivity index (χ4v) is 1.76. The number of aryl methyl sites for hydroxylation is 1. The van der Waals surface area contributed by atoms with Gasteiger partial charge in [0.25, 0.3) is 5.91 Å². The second-order valence-corrected chi connectivity index (χ2v) is 4.59. The molecule has 5 heteroatoms. The molecule has 0 atom stereocenters. The van der Waals surface area contributed by atoms with Crippen LogP contribution in [0.5, 0.6) is 0 Å². The summed E-state index contributed by atoms with van der Waals surface area (Å²) in [4.78, 5) is 12.0. The van der Waals surface area contributed by atoms with Crippen molar-refractivity contribution >= 4 is 17.3 Å². The lowest BCUT2D eigenvalue weighted by Crippen LogP contribution is -2.13. The molecule has 0 saturated carbocycles. The number of hydrogen-bond acceptors (Lipinski definition) is 2. The first-order valence-electron chi connectivity index (χ1n) is 6.01. The van der Waals surface area contributed by atoms with Crippen LogP contribution in [0.25, 0.3) is 0 Å². The lowest BCUT2D eigenvalue weighted by atomic mass is 10.1. The highest BCUT2D eigenvalue weighted by molar-refractivity contribution is 6.04. The van der Waals surface area contributed by atoms with Crippen LogP contribution in [-0.2, 0) is 0 Å². The molecule has 0 saturated heterocycles. The maximum Gasteiger partial charge on any atom is 0.255 e. The van der Waals surface area contributed by atoms with Crippen molar-refractivity contribution < 1.29 is 13.6 Å². The summed E-state index contributed by atoms with van der Waals surface area (Å²) in [5.74, 6) is -1.39. The first kappa shape index (κ1) is 14.0. The summed E-state index contributed by atoms with van der Waals surface area (Å²) in [6.45, 7) is 3.13. The highest BCUT2D eigenvalue weighted by atomic mass is 19.1. The minimum atomic E-state index is -0.537. The Morgan fingerprint density at radius 2 is 1.80 bits per heavy atom.